The number of imide groups is 1. The Morgan fingerprint density at radius 1 is 1.15 bits per heavy atom. The van der Waals surface area contributed by atoms with Gasteiger partial charge in [-0.3, -0.25) is 14.5 Å². The van der Waals surface area contributed by atoms with Crippen LogP contribution in [0.2, 0.25) is 5.02 Å². The molecule has 1 heterocycles. The first kappa shape index (κ1) is 19.5. The second-order valence-electron chi connectivity index (χ2n) is 6.18. The highest BCUT2D eigenvalue weighted by molar-refractivity contribution is 7.98. The predicted molar refractivity (Wildman–Crippen MR) is 106 cm³/mol. The van der Waals surface area contributed by atoms with E-state index in [2.05, 4.69) is 0 Å². The molecule has 0 saturated heterocycles. The third kappa shape index (κ3) is 3.87. The quantitative estimate of drug-likeness (QED) is 0.415. The molecule has 2 aromatic rings. The summed E-state index contributed by atoms with van der Waals surface area (Å²) in [6.45, 7) is 1.85. The third-order valence-corrected chi connectivity index (χ3v) is 5.26. The molecule has 2 amide bonds. The van der Waals surface area contributed by atoms with Crippen molar-refractivity contribution in [1.29, 1.82) is 0 Å². The van der Waals surface area contributed by atoms with Gasteiger partial charge >= 0.3 is 5.97 Å². The molecule has 1 aliphatic heterocycles. The molecule has 7 heteroatoms. The lowest BCUT2D eigenvalue weighted by atomic mass is 10.1. The molecule has 0 aliphatic carbocycles. The smallest absolute Gasteiger partial charge is 0.334 e. The molecule has 5 nitrogen and oxygen atoms in total. The van der Waals surface area contributed by atoms with E-state index >= 15 is 0 Å². The van der Waals surface area contributed by atoms with Gasteiger partial charge in [0.25, 0.3) is 11.8 Å². The predicted octanol–water partition coefficient (Wildman–Crippen LogP) is 3.97. The number of amides is 2. The van der Waals surface area contributed by atoms with Crippen LogP contribution in [0, 0.1) is 6.92 Å². The summed E-state index contributed by atoms with van der Waals surface area (Å²) in [5.41, 5.74) is 1.49. The SMILES string of the molecule is CSCCC(C(=O)Oc1cc(C)ccc1Cl)N1C(=O)c2ccccc2C1=O. The van der Waals surface area contributed by atoms with Gasteiger partial charge in [0, 0.05) is 0 Å². The van der Waals surface area contributed by atoms with Gasteiger partial charge in [0.1, 0.15) is 11.8 Å². The maximum Gasteiger partial charge on any atom is 0.334 e. The fourth-order valence-corrected chi connectivity index (χ4v) is 3.55. The number of carbonyl (C=O) groups excluding carboxylic acids is 3. The van der Waals surface area contributed by atoms with Gasteiger partial charge in [0.15, 0.2) is 0 Å². The molecule has 140 valence electrons. The average Bonchev–Trinajstić information content (AvgIpc) is 2.90. The Morgan fingerprint density at radius 3 is 2.37 bits per heavy atom. The van der Waals surface area contributed by atoms with E-state index in [4.69, 9.17) is 16.3 Å². The second-order valence-corrected chi connectivity index (χ2v) is 7.57. The summed E-state index contributed by atoms with van der Waals surface area (Å²) in [5, 5.41) is 0.292. The van der Waals surface area contributed by atoms with Crippen molar-refractivity contribution in [3.05, 3.63) is 64.2 Å². The van der Waals surface area contributed by atoms with Gasteiger partial charge in [0.2, 0.25) is 0 Å². The zero-order chi connectivity index (χ0) is 19.6. The number of hydrogen-bond acceptors (Lipinski definition) is 5. The highest BCUT2D eigenvalue weighted by Crippen LogP contribution is 2.29. The first-order valence-corrected chi connectivity index (χ1v) is 10.1. The van der Waals surface area contributed by atoms with Crippen molar-refractivity contribution in [2.75, 3.05) is 12.0 Å². The van der Waals surface area contributed by atoms with E-state index in [0.717, 1.165) is 10.5 Å². The molecule has 1 unspecified atom stereocenters. The summed E-state index contributed by atoms with van der Waals surface area (Å²) < 4.78 is 5.47. The molecule has 1 aliphatic rings. The second kappa shape index (κ2) is 8.15. The van der Waals surface area contributed by atoms with Crippen LogP contribution < -0.4 is 4.74 Å². The molecule has 0 bridgehead atoms. The van der Waals surface area contributed by atoms with Crippen LogP contribution in [0.3, 0.4) is 0 Å². The Kier molecular flexibility index (Phi) is 5.87. The molecule has 3 rings (SSSR count). The van der Waals surface area contributed by atoms with Gasteiger partial charge in [-0.15, -0.1) is 0 Å². The number of hydrogen-bond donors (Lipinski definition) is 0. The third-order valence-electron chi connectivity index (χ3n) is 4.30. The highest BCUT2D eigenvalue weighted by atomic mass is 35.5. The molecule has 0 spiro atoms. The number of carbonyl (C=O) groups is 3. The standard InChI is InChI=1S/C20H18ClNO4S/c1-12-7-8-15(21)17(11-12)26-20(25)16(9-10-27-2)22-18(23)13-5-3-4-6-14(13)19(22)24/h3-8,11,16H,9-10H2,1-2H3. The Morgan fingerprint density at radius 2 is 1.78 bits per heavy atom. The van der Waals surface area contributed by atoms with Crippen LogP contribution in [-0.2, 0) is 4.79 Å². The van der Waals surface area contributed by atoms with Crippen molar-refractivity contribution in [2.45, 2.75) is 19.4 Å². The van der Waals surface area contributed by atoms with Crippen LogP contribution in [0.15, 0.2) is 42.5 Å². The number of thioether (sulfide) groups is 1. The molecule has 0 aromatic heterocycles. The van der Waals surface area contributed by atoms with E-state index in [9.17, 15) is 14.4 Å². The lowest BCUT2D eigenvalue weighted by Crippen LogP contribution is -2.47. The summed E-state index contributed by atoms with van der Waals surface area (Å²) in [4.78, 5) is 39.4. The van der Waals surface area contributed by atoms with E-state index in [0.29, 0.717) is 28.3 Å². The molecule has 0 radical (unpaired) electrons. The van der Waals surface area contributed by atoms with Gasteiger partial charge in [-0.05, 0) is 55.2 Å². The van der Waals surface area contributed by atoms with Gasteiger partial charge < -0.3 is 4.74 Å². The number of rotatable bonds is 6. The van der Waals surface area contributed by atoms with Crippen LogP contribution in [-0.4, -0.2) is 40.7 Å². The molecule has 0 fully saturated rings. The van der Waals surface area contributed by atoms with E-state index in [1.165, 1.54) is 11.8 Å². The first-order chi connectivity index (χ1) is 12.9. The normalized spacial score (nSPS) is 14.3. The van der Waals surface area contributed by atoms with Crippen molar-refractivity contribution in [3.63, 3.8) is 0 Å². The number of esters is 1. The largest absolute Gasteiger partial charge is 0.423 e. The fraction of sp³-hybridized carbons (Fsp3) is 0.250. The van der Waals surface area contributed by atoms with Crippen LogP contribution in [0.4, 0.5) is 0 Å². The maximum absolute atomic E-state index is 12.9. The number of halogens is 1. The number of benzene rings is 2. The lowest BCUT2D eigenvalue weighted by molar-refractivity contribution is -0.138. The van der Waals surface area contributed by atoms with E-state index in [1.54, 1.807) is 42.5 Å². The highest BCUT2D eigenvalue weighted by Gasteiger charge is 2.43. The van der Waals surface area contributed by atoms with E-state index < -0.39 is 23.8 Å². The number of nitrogens with zero attached hydrogens (tertiary/aromatic N) is 1. The van der Waals surface area contributed by atoms with Gasteiger partial charge in [-0.1, -0.05) is 29.8 Å². The van der Waals surface area contributed by atoms with Gasteiger partial charge in [-0.2, -0.15) is 11.8 Å². The van der Waals surface area contributed by atoms with Crippen LogP contribution in [0.5, 0.6) is 5.75 Å². The topological polar surface area (TPSA) is 63.7 Å². The summed E-state index contributed by atoms with van der Waals surface area (Å²) in [6.07, 6.45) is 2.19. The van der Waals surface area contributed by atoms with Crippen LogP contribution in [0.1, 0.15) is 32.7 Å². The maximum atomic E-state index is 12.9. The van der Waals surface area contributed by atoms with Crippen molar-refractivity contribution >= 4 is 41.1 Å². The summed E-state index contributed by atoms with van der Waals surface area (Å²) in [6, 6.07) is 10.6. The van der Waals surface area contributed by atoms with Crippen molar-refractivity contribution in [3.8, 4) is 5.75 Å². The minimum absolute atomic E-state index is 0.215. The fourth-order valence-electron chi connectivity index (χ4n) is 2.94. The van der Waals surface area contributed by atoms with Gasteiger partial charge in [0.05, 0.1) is 16.1 Å². The molecular weight excluding hydrogens is 386 g/mol. The summed E-state index contributed by atoms with van der Waals surface area (Å²) in [7, 11) is 0. The van der Waals surface area contributed by atoms with Crippen LogP contribution >= 0.6 is 23.4 Å². The Labute approximate surface area is 166 Å². The Bertz CT molecular complexity index is 880. The zero-order valence-electron chi connectivity index (χ0n) is 14.9. The Balaban J connectivity index is 1.90. The van der Waals surface area contributed by atoms with Crippen molar-refractivity contribution in [2.24, 2.45) is 0 Å². The molecular formula is C20H18ClNO4S. The van der Waals surface area contributed by atoms with Crippen LogP contribution in [0.25, 0.3) is 0 Å². The van der Waals surface area contributed by atoms with E-state index in [-0.39, 0.29) is 5.75 Å². The molecule has 0 saturated carbocycles. The zero-order valence-corrected chi connectivity index (χ0v) is 16.5. The number of aryl methyl sites for hydroxylation is 1. The van der Waals surface area contributed by atoms with Crippen molar-refractivity contribution in [1.82, 2.24) is 4.90 Å². The number of fused-ring (bicyclic) bond motifs is 1. The lowest BCUT2D eigenvalue weighted by Gasteiger charge is -2.24. The average molecular weight is 404 g/mol. The monoisotopic (exact) mass is 403 g/mol. The molecule has 1 atom stereocenters. The minimum Gasteiger partial charge on any atom is -0.423 e. The van der Waals surface area contributed by atoms with Gasteiger partial charge in [-0.25, -0.2) is 4.79 Å². The molecule has 27 heavy (non-hydrogen) atoms. The molecule has 0 N–H and O–H groups in total. The summed E-state index contributed by atoms with van der Waals surface area (Å²) in [5.74, 6) is -0.823. The number of ether oxygens (including phenoxy) is 1. The van der Waals surface area contributed by atoms with E-state index in [1.807, 2.05) is 13.2 Å². The Hall–Kier alpha value is -2.31. The van der Waals surface area contributed by atoms with Crippen molar-refractivity contribution < 1.29 is 19.1 Å². The minimum atomic E-state index is -1.01. The summed E-state index contributed by atoms with van der Waals surface area (Å²) >= 11 is 7.63. The molecule has 2 aromatic carbocycles. The first-order valence-electron chi connectivity index (χ1n) is 8.37.